The smallest absolute Gasteiger partial charge is 0.289 e. The van der Waals surface area contributed by atoms with Crippen LogP contribution in [0.2, 0.25) is 0 Å². The number of aromatic nitrogens is 5. The van der Waals surface area contributed by atoms with Crippen LogP contribution in [0.5, 0.6) is 0 Å². The van der Waals surface area contributed by atoms with Crippen molar-refractivity contribution in [3.8, 4) is 0 Å². The largest absolute Gasteiger partial charge is 0.345 e. The summed E-state index contributed by atoms with van der Waals surface area (Å²) in [5.41, 5.74) is 2.31. The van der Waals surface area contributed by atoms with Crippen LogP contribution < -0.4 is 5.32 Å². The van der Waals surface area contributed by atoms with Crippen molar-refractivity contribution in [3.05, 3.63) is 65.5 Å². The minimum Gasteiger partial charge on any atom is -0.345 e. The quantitative estimate of drug-likeness (QED) is 0.708. The highest BCUT2D eigenvalue weighted by Gasteiger charge is 2.39. The Hall–Kier alpha value is -3.00. The van der Waals surface area contributed by atoms with Gasteiger partial charge in [-0.1, -0.05) is 30.3 Å². The van der Waals surface area contributed by atoms with Gasteiger partial charge in [0.25, 0.3) is 5.91 Å². The van der Waals surface area contributed by atoms with Crippen LogP contribution in [0.15, 0.2) is 42.7 Å². The molecule has 4 heterocycles. The normalized spacial score (nSPS) is 21.0. The molecule has 1 fully saturated rings. The van der Waals surface area contributed by atoms with Gasteiger partial charge in [-0.15, -0.1) is 10.2 Å². The number of carbonyl (C=O) groups is 1. The predicted molar refractivity (Wildman–Crippen MR) is 107 cm³/mol. The zero-order chi connectivity index (χ0) is 19.8. The molecule has 150 valence electrons. The molecule has 1 aromatic carbocycles. The molecule has 3 aromatic rings. The van der Waals surface area contributed by atoms with Crippen molar-refractivity contribution in [2.45, 2.75) is 26.1 Å². The van der Waals surface area contributed by atoms with Crippen LogP contribution in [0, 0.1) is 11.8 Å². The van der Waals surface area contributed by atoms with E-state index in [9.17, 15) is 4.79 Å². The summed E-state index contributed by atoms with van der Waals surface area (Å²) in [6.07, 6.45) is 4.89. The van der Waals surface area contributed by atoms with Gasteiger partial charge in [-0.05, 0) is 17.4 Å². The van der Waals surface area contributed by atoms with Crippen molar-refractivity contribution in [1.29, 1.82) is 0 Å². The number of fused-ring (bicyclic) bond motifs is 2. The van der Waals surface area contributed by atoms with E-state index in [1.165, 1.54) is 5.56 Å². The van der Waals surface area contributed by atoms with Gasteiger partial charge in [-0.2, -0.15) is 5.10 Å². The fraction of sp³-hybridized carbons (Fsp3) is 0.429. The van der Waals surface area contributed by atoms with Gasteiger partial charge in [-0.25, -0.2) is 0 Å². The standard InChI is InChI=1S/C21H25N7O/c1-26-10-16(9-23-26)11-27-12-17-7-19-24-25-20(28(19)14-18(17)13-27)21(29)22-8-15-5-3-2-4-6-15/h2-6,9-10,17-18H,7-8,11-14H2,1H3,(H,22,29)/t17-,18-/m0/s1. The Kier molecular flexibility index (Phi) is 4.63. The van der Waals surface area contributed by atoms with Crippen LogP contribution >= 0.6 is 0 Å². The molecule has 2 aromatic heterocycles. The molecule has 0 radical (unpaired) electrons. The van der Waals surface area contributed by atoms with Crippen LogP contribution in [0.1, 0.15) is 27.6 Å². The van der Waals surface area contributed by atoms with Gasteiger partial charge in [0.2, 0.25) is 5.82 Å². The molecule has 29 heavy (non-hydrogen) atoms. The molecule has 2 atom stereocenters. The average molecular weight is 391 g/mol. The van der Waals surface area contributed by atoms with Gasteiger partial charge in [-0.3, -0.25) is 14.4 Å². The first-order valence-corrected chi connectivity index (χ1v) is 10.1. The Labute approximate surface area is 169 Å². The van der Waals surface area contributed by atoms with Crippen molar-refractivity contribution >= 4 is 5.91 Å². The molecule has 0 bridgehead atoms. The predicted octanol–water partition coefficient (Wildman–Crippen LogP) is 1.25. The minimum atomic E-state index is -0.156. The van der Waals surface area contributed by atoms with E-state index in [-0.39, 0.29) is 5.91 Å². The molecule has 8 heteroatoms. The Morgan fingerprint density at radius 2 is 1.93 bits per heavy atom. The lowest BCUT2D eigenvalue weighted by molar-refractivity contribution is 0.0932. The highest BCUT2D eigenvalue weighted by molar-refractivity contribution is 5.90. The lowest BCUT2D eigenvalue weighted by atomic mass is 9.89. The van der Waals surface area contributed by atoms with E-state index in [0.717, 1.165) is 44.0 Å². The lowest BCUT2D eigenvalue weighted by Crippen LogP contribution is -2.32. The van der Waals surface area contributed by atoms with Crippen molar-refractivity contribution in [2.24, 2.45) is 18.9 Å². The second-order valence-electron chi connectivity index (χ2n) is 8.16. The zero-order valence-electron chi connectivity index (χ0n) is 16.5. The second-order valence-corrected chi connectivity index (χ2v) is 8.16. The molecule has 0 spiro atoms. The van der Waals surface area contributed by atoms with Gasteiger partial charge in [0.1, 0.15) is 5.82 Å². The fourth-order valence-corrected chi connectivity index (χ4v) is 4.59. The Morgan fingerprint density at radius 3 is 2.72 bits per heavy atom. The Morgan fingerprint density at radius 1 is 1.10 bits per heavy atom. The molecular weight excluding hydrogens is 366 g/mol. The molecule has 0 unspecified atom stereocenters. The van der Waals surface area contributed by atoms with E-state index in [1.54, 1.807) is 0 Å². The molecule has 1 saturated heterocycles. The first-order valence-electron chi connectivity index (χ1n) is 10.1. The molecule has 2 aliphatic rings. The number of amides is 1. The monoisotopic (exact) mass is 391 g/mol. The summed E-state index contributed by atoms with van der Waals surface area (Å²) in [5.74, 6) is 2.30. The maximum absolute atomic E-state index is 12.7. The first kappa shape index (κ1) is 18.1. The van der Waals surface area contributed by atoms with Crippen LogP contribution in [0.3, 0.4) is 0 Å². The number of likely N-dealkylation sites (tertiary alicyclic amines) is 1. The van der Waals surface area contributed by atoms with Crippen LogP contribution in [0.4, 0.5) is 0 Å². The summed E-state index contributed by atoms with van der Waals surface area (Å²) in [4.78, 5) is 15.2. The first-order chi connectivity index (χ1) is 14.2. The van der Waals surface area contributed by atoms with E-state index in [0.29, 0.717) is 24.2 Å². The Balaban J connectivity index is 1.24. The third kappa shape index (κ3) is 3.67. The molecular formula is C21H25N7O. The number of hydrogen-bond donors (Lipinski definition) is 1. The van der Waals surface area contributed by atoms with Crippen LogP contribution in [0.25, 0.3) is 0 Å². The van der Waals surface area contributed by atoms with Crippen molar-refractivity contribution in [2.75, 3.05) is 13.1 Å². The maximum atomic E-state index is 12.7. The van der Waals surface area contributed by atoms with Gasteiger partial charge in [0.05, 0.1) is 6.20 Å². The third-order valence-electron chi connectivity index (χ3n) is 6.00. The number of benzene rings is 1. The summed E-state index contributed by atoms with van der Waals surface area (Å²) < 4.78 is 3.87. The highest BCUT2D eigenvalue weighted by atomic mass is 16.2. The van der Waals surface area contributed by atoms with Crippen molar-refractivity contribution < 1.29 is 4.79 Å². The van der Waals surface area contributed by atoms with E-state index in [4.69, 9.17) is 0 Å². The van der Waals surface area contributed by atoms with E-state index in [2.05, 4.69) is 31.7 Å². The number of aryl methyl sites for hydroxylation is 1. The highest BCUT2D eigenvalue weighted by Crippen LogP contribution is 2.33. The zero-order valence-corrected chi connectivity index (χ0v) is 16.5. The molecule has 0 saturated carbocycles. The van der Waals surface area contributed by atoms with E-state index < -0.39 is 0 Å². The summed E-state index contributed by atoms with van der Waals surface area (Å²) in [6, 6.07) is 9.91. The average Bonchev–Trinajstić information content (AvgIpc) is 3.43. The van der Waals surface area contributed by atoms with Crippen molar-refractivity contribution in [1.82, 2.24) is 34.8 Å². The lowest BCUT2D eigenvalue weighted by Gasteiger charge is -2.25. The molecule has 1 N–H and O–H groups in total. The number of rotatable bonds is 5. The second kappa shape index (κ2) is 7.44. The minimum absolute atomic E-state index is 0.156. The molecule has 5 rings (SSSR count). The van der Waals surface area contributed by atoms with Gasteiger partial charge in [0, 0.05) is 58.0 Å². The van der Waals surface area contributed by atoms with Gasteiger partial charge in [0.15, 0.2) is 0 Å². The topological polar surface area (TPSA) is 80.9 Å². The van der Waals surface area contributed by atoms with Gasteiger partial charge >= 0.3 is 0 Å². The fourth-order valence-electron chi connectivity index (χ4n) is 4.59. The van der Waals surface area contributed by atoms with Crippen molar-refractivity contribution in [3.63, 3.8) is 0 Å². The molecule has 1 amide bonds. The summed E-state index contributed by atoms with van der Waals surface area (Å²) in [7, 11) is 1.95. The van der Waals surface area contributed by atoms with E-state index in [1.807, 2.05) is 52.8 Å². The van der Waals surface area contributed by atoms with E-state index >= 15 is 0 Å². The number of carbonyl (C=O) groups excluding carboxylic acids is 1. The summed E-state index contributed by atoms with van der Waals surface area (Å²) in [5, 5.41) is 15.8. The van der Waals surface area contributed by atoms with Gasteiger partial charge < -0.3 is 9.88 Å². The summed E-state index contributed by atoms with van der Waals surface area (Å²) >= 11 is 0. The number of hydrogen-bond acceptors (Lipinski definition) is 5. The van der Waals surface area contributed by atoms with Crippen LogP contribution in [-0.2, 0) is 33.1 Å². The number of nitrogens with one attached hydrogen (secondary N) is 1. The third-order valence-corrected chi connectivity index (χ3v) is 6.00. The molecule has 2 aliphatic heterocycles. The SMILES string of the molecule is Cn1cc(CN2C[C@@H]3Cc4nnc(C(=O)NCc5ccccc5)n4C[C@@H]3C2)cn1. The Bertz CT molecular complexity index is 1010. The molecule has 8 nitrogen and oxygen atoms in total. The number of nitrogens with zero attached hydrogens (tertiary/aromatic N) is 6. The maximum Gasteiger partial charge on any atom is 0.289 e. The van der Waals surface area contributed by atoms with Crippen LogP contribution in [-0.4, -0.2) is 48.4 Å². The summed E-state index contributed by atoms with van der Waals surface area (Å²) in [6.45, 7) is 4.31. The molecule has 0 aliphatic carbocycles.